The van der Waals surface area contributed by atoms with Gasteiger partial charge in [-0.05, 0) is 24.6 Å². The molecule has 0 aliphatic rings. The Hall–Kier alpha value is -0.900. The van der Waals surface area contributed by atoms with Gasteiger partial charge in [-0.2, -0.15) is 0 Å². The van der Waals surface area contributed by atoms with Crippen molar-refractivity contribution in [1.82, 2.24) is 5.32 Å². The Morgan fingerprint density at radius 3 is 2.93 bits per heavy atom. The van der Waals surface area contributed by atoms with Crippen LogP contribution in [0, 0.1) is 5.82 Å². The molecule has 0 saturated heterocycles. The van der Waals surface area contributed by atoms with Gasteiger partial charge in [0.25, 0.3) is 0 Å². The molecule has 0 aromatic heterocycles. The highest BCUT2D eigenvalue weighted by Gasteiger charge is 2.04. The van der Waals surface area contributed by atoms with Gasteiger partial charge in [0.15, 0.2) is 0 Å². The van der Waals surface area contributed by atoms with Crippen LogP contribution >= 0.6 is 15.9 Å². The molecule has 1 rings (SSSR count). The smallest absolute Gasteiger partial charge is 0.220 e. The average Bonchev–Trinajstić information content (AvgIpc) is 2.20. The van der Waals surface area contributed by atoms with E-state index in [1.165, 1.54) is 6.07 Å². The van der Waals surface area contributed by atoms with E-state index in [9.17, 15) is 9.18 Å². The molecule has 0 radical (unpaired) electrons. The van der Waals surface area contributed by atoms with Gasteiger partial charge in [0.05, 0.1) is 0 Å². The lowest BCUT2D eigenvalue weighted by Gasteiger charge is -2.06. The van der Waals surface area contributed by atoms with E-state index in [0.29, 0.717) is 12.0 Å². The molecule has 0 saturated carbocycles. The summed E-state index contributed by atoms with van der Waals surface area (Å²) in [6.45, 7) is 2.17. The molecule has 1 amide bonds. The fourth-order valence-electron chi connectivity index (χ4n) is 1.19. The number of amides is 1. The molecule has 0 aliphatic carbocycles. The summed E-state index contributed by atoms with van der Waals surface area (Å²) in [5.41, 5.74) is 0.494. The van der Waals surface area contributed by atoms with Gasteiger partial charge in [-0.15, -0.1) is 0 Å². The third-order valence-corrected chi connectivity index (χ3v) is 2.45. The minimum Gasteiger partial charge on any atom is -0.352 e. The normalized spacial score (nSPS) is 10.1. The van der Waals surface area contributed by atoms with Gasteiger partial charge in [-0.1, -0.05) is 22.9 Å². The van der Waals surface area contributed by atoms with Crippen molar-refractivity contribution in [2.24, 2.45) is 0 Å². The third kappa shape index (κ3) is 4.00. The Morgan fingerprint density at radius 1 is 1.53 bits per heavy atom. The topological polar surface area (TPSA) is 29.1 Å². The highest BCUT2D eigenvalue weighted by atomic mass is 79.9. The lowest BCUT2D eigenvalue weighted by Crippen LogP contribution is -2.22. The van der Waals surface area contributed by atoms with Crippen LogP contribution in [0.1, 0.15) is 25.3 Å². The number of carbonyl (C=O) groups excluding carboxylic acids is 1. The van der Waals surface area contributed by atoms with Crippen molar-refractivity contribution in [1.29, 1.82) is 0 Å². The first-order valence-electron chi connectivity index (χ1n) is 4.84. The Morgan fingerprint density at radius 2 is 2.27 bits per heavy atom. The van der Waals surface area contributed by atoms with Crippen molar-refractivity contribution in [3.63, 3.8) is 0 Å². The van der Waals surface area contributed by atoms with Gasteiger partial charge in [0.1, 0.15) is 5.82 Å². The number of halogens is 2. The number of hydrogen-bond donors (Lipinski definition) is 1. The highest BCUT2D eigenvalue weighted by Crippen LogP contribution is 2.15. The molecule has 0 aliphatic heterocycles. The molecule has 0 bridgehead atoms. The third-order valence-electron chi connectivity index (χ3n) is 1.96. The summed E-state index contributed by atoms with van der Waals surface area (Å²) < 4.78 is 14.0. The number of carbonyl (C=O) groups is 1. The second kappa shape index (κ2) is 5.85. The van der Waals surface area contributed by atoms with Crippen LogP contribution in [0.25, 0.3) is 0 Å². The first kappa shape index (κ1) is 12.2. The fraction of sp³-hybridized carbons (Fsp3) is 0.364. The van der Waals surface area contributed by atoms with E-state index in [1.807, 2.05) is 6.92 Å². The average molecular weight is 274 g/mol. The number of rotatable bonds is 4. The van der Waals surface area contributed by atoms with E-state index >= 15 is 0 Å². The Kier molecular flexibility index (Phi) is 4.75. The first-order valence-corrected chi connectivity index (χ1v) is 5.63. The number of nitrogens with one attached hydrogen (secondary N) is 1. The van der Waals surface area contributed by atoms with Crippen molar-refractivity contribution < 1.29 is 9.18 Å². The van der Waals surface area contributed by atoms with E-state index < -0.39 is 0 Å². The molecular weight excluding hydrogens is 261 g/mol. The van der Waals surface area contributed by atoms with E-state index in [0.717, 1.165) is 10.9 Å². The van der Waals surface area contributed by atoms with Gasteiger partial charge < -0.3 is 5.32 Å². The molecule has 1 aromatic carbocycles. The molecule has 0 fully saturated rings. The predicted octanol–water partition coefficient (Wildman–Crippen LogP) is 3.00. The molecule has 0 spiro atoms. The van der Waals surface area contributed by atoms with Crippen molar-refractivity contribution in [2.75, 3.05) is 0 Å². The monoisotopic (exact) mass is 273 g/mol. The minimum atomic E-state index is -0.296. The largest absolute Gasteiger partial charge is 0.352 e. The zero-order valence-electron chi connectivity index (χ0n) is 8.52. The van der Waals surface area contributed by atoms with Crippen molar-refractivity contribution in [3.05, 3.63) is 34.1 Å². The predicted molar refractivity (Wildman–Crippen MR) is 60.9 cm³/mol. The summed E-state index contributed by atoms with van der Waals surface area (Å²) in [6.07, 6.45) is 1.28. The maximum absolute atomic E-state index is 13.2. The van der Waals surface area contributed by atoms with Crippen LogP contribution in [0.4, 0.5) is 4.39 Å². The first-order chi connectivity index (χ1) is 7.13. The van der Waals surface area contributed by atoms with Crippen molar-refractivity contribution in [3.8, 4) is 0 Å². The summed E-state index contributed by atoms with van der Waals surface area (Å²) >= 11 is 3.25. The van der Waals surface area contributed by atoms with Crippen LogP contribution in [0.15, 0.2) is 22.7 Å². The summed E-state index contributed by atoms with van der Waals surface area (Å²) in [4.78, 5) is 11.2. The molecule has 0 atom stereocenters. The van der Waals surface area contributed by atoms with E-state index in [4.69, 9.17) is 0 Å². The van der Waals surface area contributed by atoms with Crippen LogP contribution in [0.2, 0.25) is 0 Å². The molecular formula is C11H13BrFNO. The molecule has 0 heterocycles. The Labute approximate surface area is 97.0 Å². The van der Waals surface area contributed by atoms with Crippen molar-refractivity contribution in [2.45, 2.75) is 26.3 Å². The van der Waals surface area contributed by atoms with E-state index in [2.05, 4.69) is 21.2 Å². The van der Waals surface area contributed by atoms with Gasteiger partial charge in [-0.25, -0.2) is 4.39 Å². The zero-order valence-corrected chi connectivity index (χ0v) is 10.1. The molecule has 82 valence electrons. The molecule has 1 N–H and O–H groups in total. The second-order valence-electron chi connectivity index (χ2n) is 3.26. The van der Waals surface area contributed by atoms with Crippen molar-refractivity contribution >= 4 is 21.8 Å². The lowest BCUT2D eigenvalue weighted by atomic mass is 10.2. The number of hydrogen-bond acceptors (Lipinski definition) is 1. The van der Waals surface area contributed by atoms with Gasteiger partial charge >= 0.3 is 0 Å². The van der Waals surface area contributed by atoms with Crippen LogP contribution in [-0.4, -0.2) is 5.91 Å². The van der Waals surface area contributed by atoms with Crippen LogP contribution < -0.4 is 5.32 Å². The molecule has 1 aromatic rings. The standard InChI is InChI=1S/C11H13BrFNO/c1-2-3-11(15)14-7-8-6-9(12)4-5-10(8)13/h4-6H,2-3,7H2,1H3,(H,14,15). The number of benzene rings is 1. The second-order valence-corrected chi connectivity index (χ2v) is 4.18. The summed E-state index contributed by atoms with van der Waals surface area (Å²) in [5, 5.41) is 2.67. The molecule has 4 heteroatoms. The molecule has 0 unspecified atom stereocenters. The fourth-order valence-corrected chi connectivity index (χ4v) is 1.60. The lowest BCUT2D eigenvalue weighted by molar-refractivity contribution is -0.121. The highest BCUT2D eigenvalue weighted by molar-refractivity contribution is 9.10. The minimum absolute atomic E-state index is 0.0446. The van der Waals surface area contributed by atoms with E-state index in [1.54, 1.807) is 12.1 Å². The summed E-state index contributed by atoms with van der Waals surface area (Å²) in [7, 11) is 0. The maximum Gasteiger partial charge on any atom is 0.220 e. The quantitative estimate of drug-likeness (QED) is 0.898. The van der Waals surface area contributed by atoms with Crippen LogP contribution in [-0.2, 0) is 11.3 Å². The Bertz CT molecular complexity index is 354. The van der Waals surface area contributed by atoms with Crippen LogP contribution in [0.3, 0.4) is 0 Å². The summed E-state index contributed by atoms with van der Waals surface area (Å²) in [6, 6.07) is 4.68. The molecule has 2 nitrogen and oxygen atoms in total. The SMILES string of the molecule is CCCC(=O)NCc1cc(Br)ccc1F. The zero-order chi connectivity index (χ0) is 11.3. The Balaban J connectivity index is 2.57. The van der Waals surface area contributed by atoms with Gasteiger partial charge in [0, 0.05) is 23.0 Å². The maximum atomic E-state index is 13.2. The molecule has 15 heavy (non-hydrogen) atoms. The summed E-state index contributed by atoms with van der Waals surface area (Å²) in [5.74, 6) is -0.341. The van der Waals surface area contributed by atoms with Crippen LogP contribution in [0.5, 0.6) is 0 Å². The van der Waals surface area contributed by atoms with Gasteiger partial charge in [-0.3, -0.25) is 4.79 Å². The van der Waals surface area contributed by atoms with E-state index in [-0.39, 0.29) is 18.3 Å². The van der Waals surface area contributed by atoms with Gasteiger partial charge in [0.2, 0.25) is 5.91 Å².